The van der Waals surface area contributed by atoms with E-state index in [1.54, 1.807) is 17.3 Å². The van der Waals surface area contributed by atoms with Crippen LogP contribution in [-0.2, 0) is 13.6 Å². The first kappa shape index (κ1) is 11.6. The number of nitrogens with zero attached hydrogens (tertiary/aromatic N) is 5. The van der Waals surface area contributed by atoms with Crippen molar-refractivity contribution in [1.82, 2.24) is 24.7 Å². The van der Waals surface area contributed by atoms with E-state index < -0.39 is 0 Å². The van der Waals surface area contributed by atoms with E-state index in [1.165, 1.54) is 5.56 Å². The summed E-state index contributed by atoms with van der Waals surface area (Å²) >= 11 is 0. The maximum Gasteiger partial charge on any atom is 0.145 e. The van der Waals surface area contributed by atoms with E-state index in [1.807, 2.05) is 19.2 Å². The molecule has 3 aromatic rings. The van der Waals surface area contributed by atoms with E-state index in [-0.39, 0.29) is 0 Å². The van der Waals surface area contributed by atoms with Gasteiger partial charge in [-0.15, -0.1) is 0 Å². The Bertz CT molecular complexity index is 718. The molecule has 1 N–H and O–H groups in total. The van der Waals surface area contributed by atoms with Crippen LogP contribution in [-0.4, -0.2) is 24.7 Å². The van der Waals surface area contributed by atoms with Gasteiger partial charge in [0.05, 0.1) is 12.1 Å². The highest BCUT2D eigenvalue weighted by Crippen LogP contribution is 2.20. The van der Waals surface area contributed by atoms with Crippen molar-refractivity contribution in [1.29, 1.82) is 0 Å². The average molecular weight is 254 g/mol. The van der Waals surface area contributed by atoms with Crippen molar-refractivity contribution in [3.8, 4) is 0 Å². The van der Waals surface area contributed by atoms with Crippen molar-refractivity contribution in [2.45, 2.75) is 13.5 Å². The number of benzene rings is 1. The molecule has 0 atom stereocenters. The Morgan fingerprint density at radius 1 is 1.16 bits per heavy atom. The molecule has 0 amide bonds. The number of anilines is 1. The van der Waals surface area contributed by atoms with Crippen LogP contribution in [0.4, 0.5) is 5.82 Å². The topological polar surface area (TPSA) is 68.5 Å². The molecule has 6 nitrogen and oxygen atoms in total. The molecule has 0 saturated heterocycles. The minimum absolute atomic E-state index is 0.580. The quantitative estimate of drug-likeness (QED) is 0.770. The van der Waals surface area contributed by atoms with Crippen molar-refractivity contribution >= 4 is 16.7 Å². The molecule has 6 heteroatoms. The molecule has 2 heterocycles. The number of rotatable bonds is 3. The fourth-order valence-corrected chi connectivity index (χ4v) is 1.95. The van der Waals surface area contributed by atoms with E-state index in [0.29, 0.717) is 6.54 Å². The fraction of sp³-hybridized carbons (Fsp3) is 0.231. The van der Waals surface area contributed by atoms with Crippen molar-refractivity contribution in [2.24, 2.45) is 7.05 Å². The van der Waals surface area contributed by atoms with E-state index in [2.05, 4.69) is 38.4 Å². The van der Waals surface area contributed by atoms with Gasteiger partial charge >= 0.3 is 0 Å². The predicted molar refractivity (Wildman–Crippen MR) is 72.6 cm³/mol. The van der Waals surface area contributed by atoms with Crippen LogP contribution >= 0.6 is 0 Å². The molecule has 0 spiro atoms. The number of hydrogen-bond donors (Lipinski definition) is 1. The van der Waals surface area contributed by atoms with Gasteiger partial charge in [0.1, 0.15) is 24.3 Å². The van der Waals surface area contributed by atoms with Gasteiger partial charge in [-0.3, -0.25) is 4.68 Å². The lowest BCUT2D eigenvalue weighted by molar-refractivity contribution is 0.711. The van der Waals surface area contributed by atoms with Crippen molar-refractivity contribution in [2.75, 3.05) is 5.32 Å². The second kappa shape index (κ2) is 4.64. The molecule has 0 aliphatic carbocycles. The van der Waals surface area contributed by atoms with Gasteiger partial charge < -0.3 is 5.32 Å². The number of hydrogen-bond acceptors (Lipinski definition) is 5. The highest BCUT2D eigenvalue weighted by atomic mass is 15.3. The number of aryl methyl sites for hydroxylation is 2. The zero-order chi connectivity index (χ0) is 13.2. The van der Waals surface area contributed by atoms with Crippen LogP contribution in [0.15, 0.2) is 30.9 Å². The summed E-state index contributed by atoms with van der Waals surface area (Å²) < 4.78 is 1.74. The van der Waals surface area contributed by atoms with Crippen LogP contribution in [0.25, 0.3) is 10.9 Å². The third-order valence-corrected chi connectivity index (χ3v) is 3.01. The predicted octanol–water partition coefficient (Wildman–Crippen LogP) is 1.68. The highest BCUT2D eigenvalue weighted by Gasteiger charge is 2.05. The Morgan fingerprint density at radius 3 is 2.84 bits per heavy atom. The first-order chi connectivity index (χ1) is 9.24. The number of aromatic nitrogens is 5. The zero-order valence-corrected chi connectivity index (χ0v) is 10.8. The Balaban J connectivity index is 1.92. The Kier molecular flexibility index (Phi) is 2.83. The Labute approximate surface area is 110 Å². The number of fused-ring (bicyclic) bond motifs is 1. The second-order valence-electron chi connectivity index (χ2n) is 4.40. The molecule has 2 aromatic heterocycles. The molecule has 0 aliphatic rings. The van der Waals surface area contributed by atoms with Gasteiger partial charge in [0, 0.05) is 12.4 Å². The molecule has 0 unspecified atom stereocenters. The summed E-state index contributed by atoms with van der Waals surface area (Å²) in [6.07, 6.45) is 3.11. The Hall–Kier alpha value is -2.50. The van der Waals surface area contributed by atoms with Gasteiger partial charge in [-0.25, -0.2) is 15.0 Å². The van der Waals surface area contributed by atoms with Gasteiger partial charge in [0.2, 0.25) is 0 Å². The highest BCUT2D eigenvalue weighted by molar-refractivity contribution is 5.89. The summed E-state index contributed by atoms with van der Waals surface area (Å²) in [5.74, 6) is 1.68. The van der Waals surface area contributed by atoms with Gasteiger partial charge in [0.15, 0.2) is 0 Å². The summed E-state index contributed by atoms with van der Waals surface area (Å²) in [4.78, 5) is 12.7. The molecule has 0 radical (unpaired) electrons. The lowest BCUT2D eigenvalue weighted by atomic mass is 10.1. The van der Waals surface area contributed by atoms with Crippen LogP contribution in [0, 0.1) is 6.92 Å². The third kappa shape index (κ3) is 2.24. The minimum Gasteiger partial charge on any atom is -0.362 e. The fourth-order valence-electron chi connectivity index (χ4n) is 1.95. The molecule has 96 valence electrons. The molecule has 0 fully saturated rings. The molecular weight excluding hydrogens is 240 g/mol. The number of nitrogens with one attached hydrogen (secondary N) is 1. The normalized spacial score (nSPS) is 10.8. The summed E-state index contributed by atoms with van der Waals surface area (Å²) in [6.45, 7) is 2.63. The largest absolute Gasteiger partial charge is 0.362 e. The molecule has 0 aliphatic heterocycles. The zero-order valence-electron chi connectivity index (χ0n) is 10.8. The summed E-state index contributed by atoms with van der Waals surface area (Å²) in [7, 11) is 1.87. The first-order valence-corrected chi connectivity index (χ1v) is 6.02. The van der Waals surface area contributed by atoms with Crippen molar-refractivity contribution in [3.05, 3.63) is 42.2 Å². The standard InChI is InChI=1S/C13H14N6/c1-9-3-4-11-10(5-9)13(17-7-15-11)14-6-12-16-8-18-19(12)2/h3-5,7-8H,6H2,1-2H3,(H,14,15,17). The summed E-state index contributed by atoms with van der Waals surface area (Å²) in [5.41, 5.74) is 2.12. The first-order valence-electron chi connectivity index (χ1n) is 6.02. The van der Waals surface area contributed by atoms with Crippen LogP contribution in [0.1, 0.15) is 11.4 Å². The molecule has 19 heavy (non-hydrogen) atoms. The summed E-state index contributed by atoms with van der Waals surface area (Å²) in [6, 6.07) is 6.12. The Morgan fingerprint density at radius 2 is 2.05 bits per heavy atom. The smallest absolute Gasteiger partial charge is 0.145 e. The summed E-state index contributed by atoms with van der Waals surface area (Å²) in [5, 5.41) is 8.34. The van der Waals surface area contributed by atoms with Crippen molar-refractivity contribution < 1.29 is 0 Å². The van der Waals surface area contributed by atoms with Gasteiger partial charge in [0.25, 0.3) is 0 Å². The molecule has 3 rings (SSSR count). The maximum absolute atomic E-state index is 4.30. The van der Waals surface area contributed by atoms with Crippen LogP contribution in [0.5, 0.6) is 0 Å². The molecule has 1 aromatic carbocycles. The van der Waals surface area contributed by atoms with E-state index in [4.69, 9.17) is 0 Å². The van der Waals surface area contributed by atoms with Crippen LogP contribution in [0.3, 0.4) is 0 Å². The third-order valence-electron chi connectivity index (χ3n) is 3.01. The lowest BCUT2D eigenvalue weighted by Crippen LogP contribution is -2.08. The van der Waals surface area contributed by atoms with Gasteiger partial charge in [-0.2, -0.15) is 5.10 Å². The molecular formula is C13H14N6. The average Bonchev–Trinajstić information content (AvgIpc) is 2.82. The van der Waals surface area contributed by atoms with Gasteiger partial charge in [-0.05, 0) is 19.1 Å². The lowest BCUT2D eigenvalue weighted by Gasteiger charge is -2.08. The maximum atomic E-state index is 4.30. The second-order valence-corrected chi connectivity index (χ2v) is 4.40. The van der Waals surface area contributed by atoms with E-state index >= 15 is 0 Å². The molecule has 0 bridgehead atoms. The van der Waals surface area contributed by atoms with Gasteiger partial charge in [-0.1, -0.05) is 11.6 Å². The molecule has 0 saturated carbocycles. The van der Waals surface area contributed by atoms with E-state index in [9.17, 15) is 0 Å². The van der Waals surface area contributed by atoms with Crippen LogP contribution in [0.2, 0.25) is 0 Å². The SMILES string of the molecule is Cc1ccc2ncnc(NCc3ncnn3C)c2c1. The van der Waals surface area contributed by atoms with Crippen LogP contribution < -0.4 is 5.32 Å². The van der Waals surface area contributed by atoms with Crippen molar-refractivity contribution in [3.63, 3.8) is 0 Å². The van der Waals surface area contributed by atoms with E-state index in [0.717, 1.165) is 22.5 Å². The minimum atomic E-state index is 0.580. The monoisotopic (exact) mass is 254 g/mol.